The quantitative estimate of drug-likeness (QED) is 0.422. The fourth-order valence-electron chi connectivity index (χ4n) is 3.97. The molecule has 0 saturated carbocycles. The number of esters is 1. The van der Waals surface area contributed by atoms with Crippen LogP contribution < -0.4 is 16.0 Å². The number of nitrogens with one attached hydrogen (secondary N) is 3. The normalized spacial score (nSPS) is 15.7. The molecule has 35 heavy (non-hydrogen) atoms. The minimum absolute atomic E-state index is 0.266. The van der Waals surface area contributed by atoms with Gasteiger partial charge in [-0.05, 0) is 69.5 Å². The van der Waals surface area contributed by atoms with Gasteiger partial charge in [-0.25, -0.2) is 14.4 Å². The first-order valence-electron chi connectivity index (χ1n) is 11.9. The summed E-state index contributed by atoms with van der Waals surface area (Å²) >= 11 is 0. The zero-order valence-corrected chi connectivity index (χ0v) is 21.0. The van der Waals surface area contributed by atoms with Crippen LogP contribution in [0.3, 0.4) is 0 Å². The van der Waals surface area contributed by atoms with E-state index in [1.807, 2.05) is 44.2 Å². The molecule has 2 aromatic carbocycles. The van der Waals surface area contributed by atoms with Crippen LogP contribution in [-0.2, 0) is 9.53 Å². The van der Waals surface area contributed by atoms with Gasteiger partial charge in [0, 0.05) is 23.6 Å². The largest absolute Gasteiger partial charge is 0.459 e. The lowest BCUT2D eigenvalue weighted by atomic mass is 9.94. The molecule has 0 spiro atoms. The minimum atomic E-state index is -0.701. The first-order valence-corrected chi connectivity index (χ1v) is 11.9. The van der Waals surface area contributed by atoms with Crippen molar-refractivity contribution < 1.29 is 19.1 Å². The van der Waals surface area contributed by atoms with E-state index in [1.165, 1.54) is 0 Å². The van der Waals surface area contributed by atoms with Gasteiger partial charge in [0.1, 0.15) is 0 Å². The zero-order valence-electron chi connectivity index (χ0n) is 21.0. The molecule has 1 heterocycles. The molecule has 0 radical (unpaired) electrons. The number of allylic oxidation sites excluding steroid dienone is 1. The molecule has 1 aliphatic heterocycles. The standard InChI is InChI=1S/C27H34N4O4/c1-6-7-14-31-19(5)23(25(32)35-17(2)3)24(30-27(31)34)20-11-9-13-22(16-20)29-26(33)28-21-12-8-10-18(4)15-21/h8-13,15-17,24H,6-7,14H2,1-5H3,(H,30,34)(H2,28,29,33). The molecule has 1 unspecified atom stereocenters. The fourth-order valence-corrected chi connectivity index (χ4v) is 3.97. The number of rotatable bonds is 8. The van der Waals surface area contributed by atoms with E-state index in [0.717, 1.165) is 18.4 Å². The third kappa shape index (κ3) is 6.62. The molecular formula is C27H34N4O4. The first-order chi connectivity index (χ1) is 16.7. The Hall–Kier alpha value is -3.81. The Kier molecular flexibility index (Phi) is 8.52. The van der Waals surface area contributed by atoms with E-state index < -0.39 is 18.0 Å². The van der Waals surface area contributed by atoms with Gasteiger partial charge < -0.3 is 20.7 Å². The Morgan fingerprint density at radius 1 is 1.06 bits per heavy atom. The summed E-state index contributed by atoms with van der Waals surface area (Å²) in [4.78, 5) is 40.1. The van der Waals surface area contributed by atoms with Crippen LogP contribution in [0.2, 0.25) is 0 Å². The molecule has 2 aromatic rings. The van der Waals surface area contributed by atoms with Gasteiger partial charge >= 0.3 is 18.0 Å². The maximum absolute atomic E-state index is 13.1. The second kappa shape index (κ2) is 11.6. The summed E-state index contributed by atoms with van der Waals surface area (Å²) in [5.74, 6) is -0.473. The summed E-state index contributed by atoms with van der Waals surface area (Å²) in [6.45, 7) is 9.86. The van der Waals surface area contributed by atoms with Crippen molar-refractivity contribution in [3.63, 3.8) is 0 Å². The van der Waals surface area contributed by atoms with Crippen LogP contribution in [0.1, 0.15) is 57.7 Å². The van der Waals surface area contributed by atoms with Gasteiger partial charge in [0.15, 0.2) is 0 Å². The highest BCUT2D eigenvalue weighted by atomic mass is 16.5. The van der Waals surface area contributed by atoms with Crippen molar-refractivity contribution in [1.29, 1.82) is 0 Å². The molecule has 4 amide bonds. The maximum Gasteiger partial charge on any atom is 0.338 e. The molecule has 3 N–H and O–H groups in total. The third-order valence-corrected chi connectivity index (χ3v) is 5.65. The van der Waals surface area contributed by atoms with Crippen molar-refractivity contribution in [3.05, 3.63) is 70.9 Å². The van der Waals surface area contributed by atoms with Gasteiger partial charge in [0.05, 0.1) is 17.7 Å². The summed E-state index contributed by atoms with van der Waals surface area (Å²) in [6.07, 6.45) is 1.44. The number of amides is 4. The third-order valence-electron chi connectivity index (χ3n) is 5.65. The summed E-state index contributed by atoms with van der Waals surface area (Å²) in [5.41, 5.74) is 3.88. The number of anilines is 2. The number of carbonyl (C=O) groups is 3. The smallest absolute Gasteiger partial charge is 0.338 e. The second-order valence-corrected chi connectivity index (χ2v) is 8.91. The zero-order chi connectivity index (χ0) is 25.5. The van der Waals surface area contributed by atoms with Crippen molar-refractivity contribution in [3.8, 4) is 0 Å². The molecule has 8 heteroatoms. The number of unbranched alkanes of at least 4 members (excludes halogenated alkanes) is 1. The number of aryl methyl sites for hydroxylation is 1. The van der Waals surface area contributed by atoms with Gasteiger partial charge in [0.25, 0.3) is 0 Å². The highest BCUT2D eigenvalue weighted by Crippen LogP contribution is 2.33. The number of nitrogens with zero attached hydrogens (tertiary/aromatic N) is 1. The molecule has 1 atom stereocenters. The topological polar surface area (TPSA) is 99.8 Å². The average molecular weight is 479 g/mol. The number of hydrogen-bond donors (Lipinski definition) is 3. The van der Waals surface area contributed by atoms with Crippen LogP contribution in [-0.4, -0.2) is 35.6 Å². The van der Waals surface area contributed by atoms with Crippen LogP contribution in [0.4, 0.5) is 21.0 Å². The van der Waals surface area contributed by atoms with Gasteiger partial charge in [0.2, 0.25) is 0 Å². The molecule has 8 nitrogen and oxygen atoms in total. The molecule has 186 valence electrons. The summed E-state index contributed by atoms with van der Waals surface area (Å²) in [7, 11) is 0. The number of benzene rings is 2. The van der Waals surface area contributed by atoms with Crippen molar-refractivity contribution >= 4 is 29.4 Å². The Morgan fingerprint density at radius 3 is 2.34 bits per heavy atom. The van der Waals surface area contributed by atoms with Crippen molar-refractivity contribution in [2.24, 2.45) is 0 Å². The highest BCUT2D eigenvalue weighted by molar-refractivity contribution is 6.00. The van der Waals surface area contributed by atoms with E-state index >= 15 is 0 Å². The average Bonchev–Trinajstić information content (AvgIpc) is 2.78. The minimum Gasteiger partial charge on any atom is -0.459 e. The Labute approximate surface area is 206 Å². The van der Waals surface area contributed by atoms with Crippen LogP contribution in [0.5, 0.6) is 0 Å². The Balaban J connectivity index is 1.88. The van der Waals surface area contributed by atoms with Crippen LogP contribution in [0, 0.1) is 6.92 Å². The molecule has 0 aromatic heterocycles. The SMILES string of the molecule is CCCCN1C(=O)NC(c2cccc(NC(=O)Nc3cccc(C)c3)c2)C(C(=O)OC(C)C)=C1C. The number of hydrogen-bond acceptors (Lipinski definition) is 4. The van der Waals surface area contributed by atoms with Crippen molar-refractivity contribution in [2.75, 3.05) is 17.2 Å². The first kappa shape index (κ1) is 25.8. The lowest BCUT2D eigenvalue weighted by Gasteiger charge is -2.35. The van der Waals surface area contributed by atoms with E-state index in [-0.39, 0.29) is 12.1 Å². The van der Waals surface area contributed by atoms with Crippen LogP contribution in [0.25, 0.3) is 0 Å². The van der Waals surface area contributed by atoms with Crippen LogP contribution in [0.15, 0.2) is 59.8 Å². The molecule has 0 saturated heterocycles. The highest BCUT2D eigenvalue weighted by Gasteiger charge is 2.36. The second-order valence-electron chi connectivity index (χ2n) is 8.91. The molecule has 1 aliphatic rings. The lowest BCUT2D eigenvalue weighted by Crippen LogP contribution is -2.48. The molecular weight excluding hydrogens is 444 g/mol. The Bertz CT molecular complexity index is 1130. The van der Waals surface area contributed by atoms with Gasteiger partial charge in [-0.1, -0.05) is 37.6 Å². The van der Waals surface area contributed by atoms with Crippen LogP contribution >= 0.6 is 0 Å². The lowest BCUT2D eigenvalue weighted by molar-refractivity contribution is -0.143. The predicted octanol–water partition coefficient (Wildman–Crippen LogP) is 5.73. The van der Waals surface area contributed by atoms with Crippen molar-refractivity contribution in [1.82, 2.24) is 10.2 Å². The van der Waals surface area contributed by atoms with Gasteiger partial charge in [-0.2, -0.15) is 0 Å². The monoisotopic (exact) mass is 478 g/mol. The fraction of sp³-hybridized carbons (Fsp3) is 0.370. The van der Waals surface area contributed by atoms with E-state index in [1.54, 1.807) is 43.9 Å². The van der Waals surface area contributed by atoms with Crippen molar-refractivity contribution in [2.45, 2.75) is 59.6 Å². The Morgan fingerprint density at radius 2 is 1.71 bits per heavy atom. The van der Waals surface area contributed by atoms with E-state index in [0.29, 0.717) is 34.8 Å². The molecule has 0 aliphatic carbocycles. The maximum atomic E-state index is 13.1. The van der Waals surface area contributed by atoms with Gasteiger partial charge in [-0.15, -0.1) is 0 Å². The molecule has 3 rings (SSSR count). The molecule has 0 bridgehead atoms. The molecule has 0 fully saturated rings. The van der Waals surface area contributed by atoms with E-state index in [9.17, 15) is 14.4 Å². The van der Waals surface area contributed by atoms with E-state index in [2.05, 4.69) is 16.0 Å². The predicted molar refractivity (Wildman–Crippen MR) is 137 cm³/mol. The van der Waals surface area contributed by atoms with E-state index in [4.69, 9.17) is 4.74 Å². The number of urea groups is 2. The number of carbonyl (C=O) groups excluding carboxylic acids is 3. The summed E-state index contributed by atoms with van der Waals surface area (Å²) in [6, 6.07) is 13.2. The summed E-state index contributed by atoms with van der Waals surface area (Å²) in [5, 5.41) is 8.58. The summed E-state index contributed by atoms with van der Waals surface area (Å²) < 4.78 is 5.52. The van der Waals surface area contributed by atoms with Gasteiger partial charge in [-0.3, -0.25) is 4.90 Å². The number of ether oxygens (including phenoxy) is 1.